The van der Waals surface area contributed by atoms with Crippen molar-refractivity contribution < 1.29 is 17.6 Å². The maximum absolute atomic E-state index is 12.2. The Labute approximate surface area is 129 Å². The molecule has 112 valence electrons. The SMILES string of the molecule is COc1ccc(S(=O)(=O)Nc2nnc(C3CC3)o2)cc1Br. The highest BCUT2D eigenvalue weighted by Crippen LogP contribution is 2.39. The van der Waals surface area contributed by atoms with E-state index in [9.17, 15) is 8.42 Å². The summed E-state index contributed by atoms with van der Waals surface area (Å²) >= 11 is 3.25. The third-order valence-electron chi connectivity index (χ3n) is 3.02. The van der Waals surface area contributed by atoms with Crippen molar-refractivity contribution in [1.82, 2.24) is 10.2 Å². The topological polar surface area (TPSA) is 94.3 Å². The van der Waals surface area contributed by atoms with Gasteiger partial charge in [0, 0.05) is 5.92 Å². The van der Waals surface area contributed by atoms with Crippen LogP contribution in [0.2, 0.25) is 0 Å². The predicted molar refractivity (Wildman–Crippen MR) is 77.8 cm³/mol. The van der Waals surface area contributed by atoms with Crippen molar-refractivity contribution in [2.75, 3.05) is 11.8 Å². The summed E-state index contributed by atoms with van der Waals surface area (Å²) in [6.45, 7) is 0. The van der Waals surface area contributed by atoms with Crippen LogP contribution in [0.15, 0.2) is 32.0 Å². The van der Waals surface area contributed by atoms with Crippen LogP contribution in [0.1, 0.15) is 24.7 Å². The van der Waals surface area contributed by atoms with Crippen molar-refractivity contribution in [3.05, 3.63) is 28.6 Å². The van der Waals surface area contributed by atoms with Gasteiger partial charge in [0.25, 0.3) is 10.0 Å². The van der Waals surface area contributed by atoms with Crippen LogP contribution in [0.4, 0.5) is 6.01 Å². The molecule has 1 aromatic heterocycles. The maximum Gasteiger partial charge on any atom is 0.329 e. The second-order valence-corrected chi connectivity index (χ2v) is 7.16. The zero-order chi connectivity index (χ0) is 15.0. The summed E-state index contributed by atoms with van der Waals surface area (Å²) in [6, 6.07) is 4.31. The van der Waals surface area contributed by atoms with Gasteiger partial charge in [0.2, 0.25) is 5.89 Å². The van der Waals surface area contributed by atoms with Crippen LogP contribution in [0.3, 0.4) is 0 Å². The van der Waals surface area contributed by atoms with Crippen LogP contribution >= 0.6 is 15.9 Å². The van der Waals surface area contributed by atoms with Crippen LogP contribution in [-0.2, 0) is 10.0 Å². The van der Waals surface area contributed by atoms with Crippen LogP contribution < -0.4 is 9.46 Å². The number of ether oxygens (including phenoxy) is 1. The summed E-state index contributed by atoms with van der Waals surface area (Å²) in [7, 11) is -2.28. The van der Waals surface area contributed by atoms with E-state index in [1.807, 2.05) is 0 Å². The summed E-state index contributed by atoms with van der Waals surface area (Å²) < 4.78 is 37.7. The van der Waals surface area contributed by atoms with Gasteiger partial charge in [0.05, 0.1) is 16.5 Å². The highest BCUT2D eigenvalue weighted by molar-refractivity contribution is 9.10. The van der Waals surface area contributed by atoms with E-state index in [4.69, 9.17) is 9.15 Å². The minimum Gasteiger partial charge on any atom is -0.496 e. The number of methoxy groups -OCH3 is 1. The fourth-order valence-electron chi connectivity index (χ4n) is 1.76. The lowest BCUT2D eigenvalue weighted by Gasteiger charge is -2.07. The number of anilines is 1. The molecule has 9 heteroatoms. The average molecular weight is 374 g/mol. The Morgan fingerprint density at radius 1 is 1.38 bits per heavy atom. The van der Waals surface area contributed by atoms with Crippen molar-refractivity contribution in [1.29, 1.82) is 0 Å². The summed E-state index contributed by atoms with van der Waals surface area (Å²) in [4.78, 5) is 0.0707. The minimum atomic E-state index is -3.78. The van der Waals surface area contributed by atoms with Gasteiger partial charge in [-0.05, 0) is 47.0 Å². The Hall–Kier alpha value is -1.61. The van der Waals surface area contributed by atoms with Crippen molar-refractivity contribution in [2.45, 2.75) is 23.7 Å². The number of rotatable bonds is 5. The normalized spacial score (nSPS) is 15.0. The summed E-state index contributed by atoms with van der Waals surface area (Å²) in [6.07, 6.45) is 2.00. The molecule has 1 N–H and O–H groups in total. The first-order valence-corrected chi connectivity index (χ1v) is 8.47. The predicted octanol–water partition coefficient (Wildman–Crippen LogP) is 2.52. The zero-order valence-corrected chi connectivity index (χ0v) is 13.4. The second-order valence-electron chi connectivity index (χ2n) is 4.62. The summed E-state index contributed by atoms with van der Waals surface area (Å²) in [5.74, 6) is 1.29. The molecule has 3 rings (SSSR count). The summed E-state index contributed by atoms with van der Waals surface area (Å²) in [5, 5.41) is 7.53. The third-order valence-corrected chi connectivity index (χ3v) is 4.96. The first kappa shape index (κ1) is 14.3. The monoisotopic (exact) mass is 373 g/mol. The first-order chi connectivity index (χ1) is 9.99. The largest absolute Gasteiger partial charge is 0.496 e. The number of aromatic nitrogens is 2. The van der Waals surface area contributed by atoms with Gasteiger partial charge in [-0.2, -0.15) is 0 Å². The molecule has 21 heavy (non-hydrogen) atoms. The van der Waals surface area contributed by atoms with Gasteiger partial charge in [0.1, 0.15) is 5.75 Å². The Kier molecular flexibility index (Phi) is 3.62. The molecule has 0 aliphatic heterocycles. The molecular formula is C12H12BrN3O4S. The molecule has 0 radical (unpaired) electrons. The molecule has 2 aromatic rings. The van der Waals surface area contributed by atoms with Gasteiger partial charge in [-0.1, -0.05) is 5.10 Å². The molecule has 1 aliphatic rings. The van der Waals surface area contributed by atoms with Crippen LogP contribution in [0, 0.1) is 0 Å². The fourth-order valence-corrected chi connectivity index (χ4v) is 3.40. The molecule has 1 saturated carbocycles. The summed E-state index contributed by atoms with van der Waals surface area (Å²) in [5.41, 5.74) is 0. The molecule has 0 atom stereocenters. The molecule has 7 nitrogen and oxygen atoms in total. The van der Waals surface area contributed by atoms with E-state index in [-0.39, 0.29) is 16.8 Å². The number of sulfonamides is 1. The molecule has 0 bridgehead atoms. The van der Waals surface area contributed by atoms with E-state index >= 15 is 0 Å². The maximum atomic E-state index is 12.2. The van der Waals surface area contributed by atoms with E-state index in [1.165, 1.54) is 19.2 Å². The van der Waals surface area contributed by atoms with E-state index < -0.39 is 10.0 Å². The van der Waals surface area contributed by atoms with E-state index in [1.54, 1.807) is 6.07 Å². The van der Waals surface area contributed by atoms with Crippen molar-refractivity contribution in [3.63, 3.8) is 0 Å². The van der Waals surface area contributed by atoms with Crippen LogP contribution in [0.25, 0.3) is 0 Å². The molecule has 1 aliphatic carbocycles. The van der Waals surface area contributed by atoms with Crippen molar-refractivity contribution in [3.8, 4) is 5.75 Å². The lowest BCUT2D eigenvalue weighted by atomic mass is 10.3. The molecule has 0 saturated heterocycles. The molecule has 1 fully saturated rings. The van der Waals surface area contributed by atoms with Crippen molar-refractivity contribution >= 4 is 32.0 Å². The molecule has 0 unspecified atom stereocenters. The van der Waals surface area contributed by atoms with E-state index in [2.05, 4.69) is 30.8 Å². The van der Waals surface area contributed by atoms with Gasteiger partial charge < -0.3 is 9.15 Å². The number of hydrogen-bond acceptors (Lipinski definition) is 6. The van der Waals surface area contributed by atoms with Gasteiger partial charge in [-0.3, -0.25) is 0 Å². The van der Waals surface area contributed by atoms with Crippen molar-refractivity contribution in [2.24, 2.45) is 0 Å². The van der Waals surface area contributed by atoms with Gasteiger partial charge >= 0.3 is 6.01 Å². The average Bonchev–Trinajstić information content (AvgIpc) is 3.19. The highest BCUT2D eigenvalue weighted by Gasteiger charge is 2.30. The van der Waals surface area contributed by atoms with E-state index in [0.717, 1.165) is 12.8 Å². The number of benzene rings is 1. The molecule has 0 amide bonds. The van der Waals surface area contributed by atoms with Crippen LogP contribution in [-0.4, -0.2) is 25.7 Å². The number of nitrogens with one attached hydrogen (secondary N) is 1. The third kappa shape index (κ3) is 3.03. The highest BCUT2D eigenvalue weighted by atomic mass is 79.9. The Morgan fingerprint density at radius 2 is 2.14 bits per heavy atom. The molecule has 1 heterocycles. The van der Waals surface area contributed by atoms with Gasteiger partial charge in [-0.25, -0.2) is 13.1 Å². The Bertz CT molecular complexity index is 771. The second kappa shape index (κ2) is 5.30. The number of hydrogen-bond donors (Lipinski definition) is 1. The standard InChI is InChI=1S/C12H12BrN3O4S/c1-19-10-5-4-8(6-9(10)13)21(17,18)16-12-15-14-11(20-12)7-2-3-7/h4-7H,2-3H2,1H3,(H,15,16). The van der Waals surface area contributed by atoms with Crippen LogP contribution in [0.5, 0.6) is 5.75 Å². The lowest BCUT2D eigenvalue weighted by Crippen LogP contribution is -2.13. The number of nitrogens with zero attached hydrogens (tertiary/aromatic N) is 2. The molecule has 0 spiro atoms. The Morgan fingerprint density at radius 3 is 2.76 bits per heavy atom. The van der Waals surface area contributed by atoms with Gasteiger partial charge in [0.15, 0.2) is 0 Å². The first-order valence-electron chi connectivity index (χ1n) is 6.19. The van der Waals surface area contributed by atoms with E-state index in [0.29, 0.717) is 16.1 Å². The van der Waals surface area contributed by atoms with Gasteiger partial charge in [-0.15, -0.1) is 5.10 Å². The lowest BCUT2D eigenvalue weighted by molar-refractivity contribution is 0.411. The zero-order valence-electron chi connectivity index (χ0n) is 11.0. The fraction of sp³-hybridized carbons (Fsp3) is 0.333. The molecule has 1 aromatic carbocycles. The Balaban J connectivity index is 1.83. The smallest absolute Gasteiger partial charge is 0.329 e. The minimum absolute atomic E-state index is 0.0707. The quantitative estimate of drug-likeness (QED) is 0.864. The number of halogens is 1. The molecular weight excluding hydrogens is 362 g/mol.